The van der Waals surface area contributed by atoms with Gasteiger partial charge in [0.2, 0.25) is 5.91 Å². The Bertz CT molecular complexity index is 767. The van der Waals surface area contributed by atoms with Crippen molar-refractivity contribution in [1.82, 2.24) is 5.32 Å². The Kier molecular flexibility index (Phi) is 4.45. The zero-order valence-electron chi connectivity index (χ0n) is 14.7. The van der Waals surface area contributed by atoms with Gasteiger partial charge < -0.3 is 15.1 Å². The summed E-state index contributed by atoms with van der Waals surface area (Å²) in [6, 6.07) is 16.9. The van der Waals surface area contributed by atoms with Gasteiger partial charge in [-0.2, -0.15) is 0 Å². The Morgan fingerprint density at radius 2 is 1.88 bits per heavy atom. The van der Waals surface area contributed by atoms with Crippen molar-refractivity contribution in [3.8, 4) is 0 Å². The maximum atomic E-state index is 12.7. The maximum absolute atomic E-state index is 12.7. The van der Waals surface area contributed by atoms with E-state index < -0.39 is 0 Å². The fraction of sp³-hybridized carbons (Fsp3) is 0.381. The van der Waals surface area contributed by atoms with Gasteiger partial charge in [-0.25, -0.2) is 0 Å². The molecule has 4 heteroatoms. The van der Waals surface area contributed by atoms with Crippen LogP contribution in [0, 0.1) is 0 Å². The van der Waals surface area contributed by atoms with Crippen LogP contribution in [0.15, 0.2) is 48.5 Å². The molecule has 4 nitrogen and oxygen atoms in total. The number of carbonyl (C=O) groups is 1. The predicted molar refractivity (Wildman–Crippen MR) is 102 cm³/mol. The van der Waals surface area contributed by atoms with Gasteiger partial charge in [0.15, 0.2) is 0 Å². The average molecular weight is 335 g/mol. The summed E-state index contributed by atoms with van der Waals surface area (Å²) in [6.07, 6.45) is 0.592. The Labute approximate surface area is 149 Å². The molecular weight excluding hydrogens is 310 g/mol. The number of hydrogen-bond acceptors (Lipinski definition) is 3. The molecule has 1 atom stereocenters. The van der Waals surface area contributed by atoms with E-state index in [9.17, 15) is 4.79 Å². The molecule has 0 aromatic heterocycles. The predicted octanol–water partition coefficient (Wildman–Crippen LogP) is 3.14. The fourth-order valence-electron chi connectivity index (χ4n) is 3.90. The van der Waals surface area contributed by atoms with Crippen LogP contribution in [0.25, 0.3) is 0 Å². The van der Waals surface area contributed by atoms with Crippen LogP contribution in [-0.4, -0.2) is 32.1 Å². The standard InChI is InChI=1S/C21H25N3O/c1-16-13-21(25)24(20-8-3-2-7-19(16)20)15-17-5-4-6-18(14-17)23-11-9-22-10-12-23/h2-8,14,16,22H,9-13,15H2,1H3/t16-/m1/s1. The summed E-state index contributed by atoms with van der Waals surface area (Å²) >= 11 is 0. The number of benzene rings is 2. The molecular formula is C21H25N3O. The van der Waals surface area contributed by atoms with Gasteiger partial charge in [-0.1, -0.05) is 37.3 Å². The highest BCUT2D eigenvalue weighted by Gasteiger charge is 2.28. The summed E-state index contributed by atoms with van der Waals surface area (Å²) in [6.45, 7) is 6.90. The second kappa shape index (κ2) is 6.89. The lowest BCUT2D eigenvalue weighted by molar-refractivity contribution is -0.119. The van der Waals surface area contributed by atoms with Crippen LogP contribution in [0.1, 0.15) is 30.4 Å². The fourth-order valence-corrected chi connectivity index (χ4v) is 3.90. The summed E-state index contributed by atoms with van der Waals surface area (Å²) in [5, 5.41) is 3.39. The smallest absolute Gasteiger partial charge is 0.227 e. The van der Waals surface area contributed by atoms with Crippen LogP contribution < -0.4 is 15.1 Å². The summed E-state index contributed by atoms with van der Waals surface area (Å²) in [5.41, 5.74) is 4.79. The molecule has 130 valence electrons. The molecule has 1 saturated heterocycles. The molecule has 4 rings (SSSR count). The number of para-hydroxylation sites is 1. The van der Waals surface area contributed by atoms with Crippen molar-refractivity contribution in [1.29, 1.82) is 0 Å². The Hall–Kier alpha value is -2.33. The van der Waals surface area contributed by atoms with Crippen molar-refractivity contribution in [2.24, 2.45) is 0 Å². The first-order valence-corrected chi connectivity index (χ1v) is 9.16. The Morgan fingerprint density at radius 1 is 1.08 bits per heavy atom. The van der Waals surface area contributed by atoms with Crippen LogP contribution in [-0.2, 0) is 11.3 Å². The first kappa shape index (κ1) is 16.2. The summed E-state index contributed by atoms with van der Waals surface area (Å²) < 4.78 is 0. The molecule has 1 N–H and O–H groups in total. The molecule has 2 aromatic rings. The zero-order chi connectivity index (χ0) is 17.2. The number of rotatable bonds is 3. The number of hydrogen-bond donors (Lipinski definition) is 1. The minimum atomic E-state index is 0.221. The molecule has 0 saturated carbocycles. The summed E-state index contributed by atoms with van der Waals surface area (Å²) in [7, 11) is 0. The molecule has 0 aliphatic carbocycles. The van der Waals surface area contributed by atoms with Crippen molar-refractivity contribution in [2.75, 3.05) is 36.0 Å². The number of nitrogens with zero attached hydrogens (tertiary/aromatic N) is 2. The quantitative estimate of drug-likeness (QED) is 0.936. The van der Waals surface area contributed by atoms with E-state index in [2.05, 4.69) is 59.6 Å². The van der Waals surface area contributed by atoms with E-state index in [-0.39, 0.29) is 5.91 Å². The third-order valence-corrected chi connectivity index (χ3v) is 5.27. The number of fused-ring (bicyclic) bond motifs is 1. The Balaban J connectivity index is 1.59. The molecule has 1 fully saturated rings. The third-order valence-electron chi connectivity index (χ3n) is 5.27. The minimum Gasteiger partial charge on any atom is -0.369 e. The number of carbonyl (C=O) groups excluding carboxylic acids is 1. The molecule has 0 radical (unpaired) electrons. The van der Waals surface area contributed by atoms with Gasteiger partial charge in [-0.15, -0.1) is 0 Å². The van der Waals surface area contributed by atoms with E-state index in [1.54, 1.807) is 0 Å². The summed E-state index contributed by atoms with van der Waals surface area (Å²) in [5.74, 6) is 0.519. The summed E-state index contributed by atoms with van der Waals surface area (Å²) in [4.78, 5) is 17.0. The normalized spacial score (nSPS) is 20.5. The van der Waals surface area contributed by atoms with E-state index in [4.69, 9.17) is 0 Å². The van der Waals surface area contributed by atoms with Crippen LogP contribution in [0.4, 0.5) is 11.4 Å². The van der Waals surface area contributed by atoms with Gasteiger partial charge in [0.1, 0.15) is 0 Å². The number of piperazine rings is 1. The minimum absolute atomic E-state index is 0.221. The maximum Gasteiger partial charge on any atom is 0.227 e. The molecule has 1 amide bonds. The first-order valence-electron chi connectivity index (χ1n) is 9.16. The lowest BCUT2D eigenvalue weighted by atomic mass is 9.91. The third kappa shape index (κ3) is 3.27. The van der Waals surface area contributed by atoms with Gasteiger partial charge >= 0.3 is 0 Å². The average Bonchev–Trinajstić information content (AvgIpc) is 2.66. The lowest BCUT2D eigenvalue weighted by Crippen LogP contribution is -2.43. The number of amides is 1. The van der Waals surface area contributed by atoms with E-state index in [0.29, 0.717) is 18.9 Å². The molecule has 2 aromatic carbocycles. The van der Waals surface area contributed by atoms with Gasteiger partial charge in [0.25, 0.3) is 0 Å². The topological polar surface area (TPSA) is 35.6 Å². The van der Waals surface area contributed by atoms with Crippen LogP contribution in [0.5, 0.6) is 0 Å². The van der Waals surface area contributed by atoms with Gasteiger partial charge in [-0.05, 0) is 35.2 Å². The van der Waals surface area contributed by atoms with Crippen molar-refractivity contribution < 1.29 is 4.79 Å². The second-order valence-corrected chi connectivity index (χ2v) is 7.05. The van der Waals surface area contributed by atoms with Crippen molar-refractivity contribution in [3.05, 3.63) is 59.7 Å². The number of anilines is 2. The van der Waals surface area contributed by atoms with Gasteiger partial charge in [-0.3, -0.25) is 4.79 Å². The van der Waals surface area contributed by atoms with E-state index in [1.807, 2.05) is 11.0 Å². The highest BCUT2D eigenvalue weighted by molar-refractivity contribution is 5.97. The van der Waals surface area contributed by atoms with E-state index in [0.717, 1.165) is 31.9 Å². The first-order chi connectivity index (χ1) is 12.2. The molecule has 2 aliphatic rings. The molecule has 0 unspecified atom stereocenters. The Morgan fingerprint density at radius 3 is 2.72 bits per heavy atom. The van der Waals surface area contributed by atoms with Gasteiger partial charge in [0.05, 0.1) is 6.54 Å². The van der Waals surface area contributed by atoms with Crippen LogP contribution in [0.3, 0.4) is 0 Å². The molecule has 2 aliphatic heterocycles. The van der Waals surface area contributed by atoms with Gasteiger partial charge in [0, 0.05) is 44.0 Å². The second-order valence-electron chi connectivity index (χ2n) is 7.05. The van der Waals surface area contributed by atoms with E-state index in [1.165, 1.54) is 16.8 Å². The molecule has 0 spiro atoms. The van der Waals surface area contributed by atoms with Crippen molar-refractivity contribution in [3.63, 3.8) is 0 Å². The van der Waals surface area contributed by atoms with Crippen LogP contribution >= 0.6 is 0 Å². The monoisotopic (exact) mass is 335 g/mol. The zero-order valence-corrected chi connectivity index (χ0v) is 14.7. The lowest BCUT2D eigenvalue weighted by Gasteiger charge is -2.33. The van der Waals surface area contributed by atoms with E-state index >= 15 is 0 Å². The molecule has 25 heavy (non-hydrogen) atoms. The van der Waals surface area contributed by atoms with Crippen LogP contribution in [0.2, 0.25) is 0 Å². The largest absolute Gasteiger partial charge is 0.369 e. The molecule has 0 bridgehead atoms. The van der Waals surface area contributed by atoms with Crippen molar-refractivity contribution in [2.45, 2.75) is 25.8 Å². The highest BCUT2D eigenvalue weighted by atomic mass is 16.2. The molecule has 2 heterocycles. The highest BCUT2D eigenvalue weighted by Crippen LogP contribution is 2.36. The number of nitrogens with one attached hydrogen (secondary N) is 1. The SMILES string of the molecule is C[C@@H]1CC(=O)N(Cc2cccc(N3CCNCC3)c2)c2ccccc21. The van der Waals surface area contributed by atoms with Crippen molar-refractivity contribution >= 4 is 17.3 Å².